The highest BCUT2D eigenvalue weighted by Gasteiger charge is 2.47. The number of para-hydroxylation sites is 2. The predicted octanol–water partition coefficient (Wildman–Crippen LogP) is 15.6. The summed E-state index contributed by atoms with van der Waals surface area (Å²) in [5.41, 5.74) is 24.8. The van der Waals surface area contributed by atoms with Gasteiger partial charge in [0, 0.05) is 50.5 Å². The second-order valence-electron chi connectivity index (χ2n) is 24.4. The summed E-state index contributed by atoms with van der Waals surface area (Å²) >= 11 is 0. The third-order valence-electron chi connectivity index (χ3n) is 17.0. The molecule has 0 amide bonds. The van der Waals surface area contributed by atoms with Gasteiger partial charge in [-0.3, -0.25) is 0 Å². The normalized spacial score (nSPS) is 18.3. The Balaban J connectivity index is 1.12. The molecule has 0 saturated carbocycles. The van der Waals surface area contributed by atoms with Crippen molar-refractivity contribution in [1.29, 1.82) is 0 Å². The smallest absolute Gasteiger partial charge is 0.252 e. The Kier molecular flexibility index (Phi) is 8.87. The van der Waals surface area contributed by atoms with Gasteiger partial charge in [-0.15, -0.1) is 0 Å². The van der Waals surface area contributed by atoms with Gasteiger partial charge in [-0.2, -0.15) is 0 Å². The average Bonchev–Trinajstić information content (AvgIpc) is 3.68. The molecular formula is C63H65BN2O. The van der Waals surface area contributed by atoms with E-state index >= 15 is 0 Å². The van der Waals surface area contributed by atoms with Crippen LogP contribution in [0.4, 0.5) is 34.1 Å². The number of rotatable bonds is 3. The van der Waals surface area contributed by atoms with E-state index in [1.807, 2.05) is 0 Å². The van der Waals surface area contributed by atoms with E-state index in [0.717, 1.165) is 38.8 Å². The van der Waals surface area contributed by atoms with Crippen molar-refractivity contribution in [1.82, 2.24) is 0 Å². The standard InChI is InChI=1S/C63H65BN2O/c1-38-32-54-57-55(33-38)66(42-25-26-46-47(35-42)61(7,8)29-28-60(46,5)6)53-37-49-48(62(9,10)30-31-63(49,11)12)36-51(53)64(57)50-34-40(59(2,3)4)22-27-52(50)65(54)41-23-20-39(21-24-41)43-17-15-18-45-44-16-13-14-19-56(44)67-58(43)45/h13-27,32-37H,28-31H2,1-12H3. The molecule has 4 heteroatoms. The van der Waals surface area contributed by atoms with Crippen molar-refractivity contribution >= 4 is 79.2 Å². The number of hydrogen-bond donors (Lipinski definition) is 0. The molecule has 0 unspecified atom stereocenters. The van der Waals surface area contributed by atoms with Crippen molar-refractivity contribution in [3.63, 3.8) is 0 Å². The first-order valence-corrected chi connectivity index (χ1v) is 25.0. The van der Waals surface area contributed by atoms with Crippen LogP contribution in [0, 0.1) is 6.92 Å². The van der Waals surface area contributed by atoms with E-state index in [0.29, 0.717) is 0 Å². The van der Waals surface area contributed by atoms with E-state index in [9.17, 15) is 0 Å². The highest BCUT2D eigenvalue weighted by atomic mass is 16.3. The first-order valence-electron chi connectivity index (χ1n) is 25.0. The minimum absolute atomic E-state index is 0.0231. The number of fused-ring (bicyclic) bond motifs is 9. The number of aryl methyl sites for hydroxylation is 1. The third-order valence-corrected chi connectivity index (χ3v) is 17.0. The number of benzene rings is 7. The highest BCUT2D eigenvalue weighted by Crippen LogP contribution is 2.53. The van der Waals surface area contributed by atoms with Crippen molar-refractivity contribution in [3.8, 4) is 11.1 Å². The maximum absolute atomic E-state index is 6.54. The van der Waals surface area contributed by atoms with Crippen LogP contribution in [0.15, 0.2) is 132 Å². The van der Waals surface area contributed by atoms with E-state index < -0.39 is 0 Å². The topological polar surface area (TPSA) is 19.6 Å². The molecule has 336 valence electrons. The quantitative estimate of drug-likeness (QED) is 0.165. The van der Waals surface area contributed by atoms with Crippen LogP contribution in [0.3, 0.4) is 0 Å². The van der Waals surface area contributed by atoms with Gasteiger partial charge in [-0.25, -0.2) is 0 Å². The highest BCUT2D eigenvalue weighted by molar-refractivity contribution is 7.00. The number of nitrogens with zero attached hydrogens (tertiary/aromatic N) is 2. The van der Waals surface area contributed by atoms with Gasteiger partial charge in [-0.1, -0.05) is 149 Å². The molecule has 2 aliphatic carbocycles. The molecule has 8 aromatic rings. The maximum Gasteiger partial charge on any atom is 0.252 e. The summed E-state index contributed by atoms with van der Waals surface area (Å²) in [6, 6.07) is 49.3. The van der Waals surface area contributed by atoms with Gasteiger partial charge in [0.05, 0.1) is 0 Å². The molecule has 0 bridgehead atoms. The number of furan rings is 1. The maximum atomic E-state index is 6.54. The van der Waals surface area contributed by atoms with Gasteiger partial charge < -0.3 is 14.2 Å². The van der Waals surface area contributed by atoms with Crippen LogP contribution in [0.1, 0.15) is 135 Å². The molecule has 3 nitrogen and oxygen atoms in total. The molecule has 0 fully saturated rings. The van der Waals surface area contributed by atoms with Gasteiger partial charge in [0.25, 0.3) is 6.71 Å². The van der Waals surface area contributed by atoms with Gasteiger partial charge >= 0.3 is 0 Å². The molecule has 7 aromatic carbocycles. The van der Waals surface area contributed by atoms with E-state index in [1.165, 1.54) is 104 Å². The van der Waals surface area contributed by atoms with E-state index in [4.69, 9.17) is 4.42 Å². The molecule has 3 heterocycles. The predicted molar refractivity (Wildman–Crippen MR) is 287 cm³/mol. The van der Waals surface area contributed by atoms with Gasteiger partial charge in [0.2, 0.25) is 0 Å². The Morgan fingerprint density at radius 3 is 1.73 bits per heavy atom. The Labute approximate surface area is 399 Å². The largest absolute Gasteiger partial charge is 0.455 e. The van der Waals surface area contributed by atoms with Crippen LogP contribution in [0.2, 0.25) is 0 Å². The molecule has 67 heavy (non-hydrogen) atoms. The average molecular weight is 877 g/mol. The number of anilines is 6. The molecule has 0 saturated heterocycles. The molecule has 1 aromatic heterocycles. The zero-order chi connectivity index (χ0) is 46.7. The Bertz CT molecular complexity index is 3370. The summed E-state index contributed by atoms with van der Waals surface area (Å²) in [4.78, 5) is 5.25. The lowest BCUT2D eigenvalue weighted by Gasteiger charge is -2.48. The summed E-state index contributed by atoms with van der Waals surface area (Å²) in [7, 11) is 0. The second kappa shape index (κ2) is 14.0. The van der Waals surface area contributed by atoms with Crippen molar-refractivity contribution in [2.24, 2.45) is 0 Å². The second-order valence-corrected chi connectivity index (χ2v) is 24.4. The van der Waals surface area contributed by atoms with Crippen molar-refractivity contribution in [2.75, 3.05) is 9.80 Å². The van der Waals surface area contributed by atoms with Crippen LogP contribution in [-0.2, 0) is 27.1 Å². The Morgan fingerprint density at radius 1 is 0.493 bits per heavy atom. The van der Waals surface area contributed by atoms with Crippen LogP contribution < -0.4 is 26.2 Å². The molecular weight excluding hydrogens is 812 g/mol. The lowest BCUT2D eigenvalue weighted by Crippen LogP contribution is -2.62. The summed E-state index contributed by atoms with van der Waals surface area (Å²) in [5.74, 6) is 0. The number of hydrogen-bond acceptors (Lipinski definition) is 3. The molecule has 4 aliphatic rings. The monoisotopic (exact) mass is 877 g/mol. The van der Waals surface area contributed by atoms with Gasteiger partial charge in [0.1, 0.15) is 11.2 Å². The summed E-state index contributed by atoms with van der Waals surface area (Å²) in [6.45, 7) is 29.2. The Morgan fingerprint density at radius 2 is 1.06 bits per heavy atom. The van der Waals surface area contributed by atoms with Crippen LogP contribution in [0.5, 0.6) is 0 Å². The zero-order valence-corrected chi connectivity index (χ0v) is 41.8. The molecule has 12 rings (SSSR count). The van der Waals surface area contributed by atoms with Crippen LogP contribution >= 0.6 is 0 Å². The summed E-state index contributed by atoms with van der Waals surface area (Å²) in [5, 5.41) is 2.30. The summed E-state index contributed by atoms with van der Waals surface area (Å²) in [6.07, 6.45) is 4.73. The molecule has 0 atom stereocenters. The molecule has 2 aliphatic heterocycles. The zero-order valence-electron chi connectivity index (χ0n) is 41.8. The molecule has 0 spiro atoms. The van der Waals surface area contributed by atoms with E-state index in [2.05, 4.69) is 220 Å². The summed E-state index contributed by atoms with van der Waals surface area (Å²) < 4.78 is 6.54. The molecule has 0 N–H and O–H groups in total. The van der Waals surface area contributed by atoms with E-state index in [-0.39, 0.29) is 33.8 Å². The lowest BCUT2D eigenvalue weighted by atomic mass is 9.33. The van der Waals surface area contributed by atoms with Crippen molar-refractivity contribution in [2.45, 2.75) is 136 Å². The Hall–Kier alpha value is -6.00. The van der Waals surface area contributed by atoms with Gasteiger partial charge in [0.15, 0.2) is 0 Å². The fourth-order valence-electron chi connectivity index (χ4n) is 12.7. The van der Waals surface area contributed by atoms with Crippen molar-refractivity contribution in [3.05, 3.63) is 161 Å². The first-order chi connectivity index (χ1) is 31.7. The minimum atomic E-state index is -0.0231. The van der Waals surface area contributed by atoms with Gasteiger partial charge in [-0.05, 0) is 170 Å². The first kappa shape index (κ1) is 42.4. The third kappa shape index (κ3) is 6.30. The lowest BCUT2D eigenvalue weighted by molar-refractivity contribution is 0.332. The van der Waals surface area contributed by atoms with Crippen LogP contribution in [-0.4, -0.2) is 6.71 Å². The fourth-order valence-corrected chi connectivity index (χ4v) is 12.7. The van der Waals surface area contributed by atoms with Crippen LogP contribution in [0.25, 0.3) is 33.1 Å². The fraction of sp³-hybridized carbons (Fsp3) is 0.333. The molecule has 0 radical (unpaired) electrons. The van der Waals surface area contributed by atoms with E-state index in [1.54, 1.807) is 0 Å². The SMILES string of the molecule is Cc1cc2c3c(c1)N(c1ccc4c(c1)C(C)(C)CCC4(C)C)c1cc4c(cc1B3c1cc(C(C)(C)C)ccc1N2c1ccc(-c2cccc3c2oc2ccccc23)cc1)C(C)(C)CCC4(C)C. The minimum Gasteiger partial charge on any atom is -0.455 e. The van der Waals surface area contributed by atoms with Crippen molar-refractivity contribution < 1.29 is 4.42 Å².